The van der Waals surface area contributed by atoms with Crippen LogP contribution in [0.5, 0.6) is 0 Å². The molecular formula is C28H27ClN6O2S. The molecule has 8 nitrogen and oxygen atoms in total. The van der Waals surface area contributed by atoms with Gasteiger partial charge in [0.15, 0.2) is 5.82 Å². The molecule has 2 aromatic carbocycles. The van der Waals surface area contributed by atoms with Crippen molar-refractivity contribution in [3.05, 3.63) is 77.6 Å². The van der Waals surface area contributed by atoms with Crippen molar-refractivity contribution in [2.24, 2.45) is 5.41 Å². The number of nitrogens with one attached hydrogen (secondary N) is 2. The predicted molar refractivity (Wildman–Crippen MR) is 155 cm³/mol. The molecule has 1 amide bonds. The van der Waals surface area contributed by atoms with Gasteiger partial charge in [0.1, 0.15) is 6.33 Å². The summed E-state index contributed by atoms with van der Waals surface area (Å²) in [6.45, 7) is 6.55. The maximum atomic E-state index is 11.2. The van der Waals surface area contributed by atoms with E-state index in [1.54, 1.807) is 0 Å². The van der Waals surface area contributed by atoms with E-state index in [4.69, 9.17) is 5.11 Å². The fraction of sp³-hybridized carbons (Fsp3) is 0.214. The number of hydrogen-bond acceptors (Lipinski definition) is 6. The third-order valence-corrected chi connectivity index (χ3v) is 6.91. The fourth-order valence-corrected chi connectivity index (χ4v) is 4.84. The van der Waals surface area contributed by atoms with Gasteiger partial charge in [0.05, 0.1) is 39.4 Å². The molecule has 0 radical (unpaired) electrons. The van der Waals surface area contributed by atoms with Crippen LogP contribution in [0.15, 0.2) is 67.1 Å². The van der Waals surface area contributed by atoms with E-state index in [0.717, 1.165) is 31.7 Å². The summed E-state index contributed by atoms with van der Waals surface area (Å²) in [5.74, 6) is 6.88. The normalized spacial score (nSPS) is 11.9. The van der Waals surface area contributed by atoms with Crippen LogP contribution in [-0.4, -0.2) is 37.0 Å². The molecule has 0 saturated carbocycles. The highest BCUT2D eigenvalue weighted by Gasteiger charge is 2.24. The number of hydrogen-bond donors (Lipinski definition) is 3. The van der Waals surface area contributed by atoms with Crippen LogP contribution in [0.4, 0.5) is 16.3 Å². The molecule has 10 heteroatoms. The SMILES string of the molecule is CC(C)(C)C(C#Cc1cc2ncnc(Nc3ccc4c(cnn4Cc4ccccc4)c3)c2s1)NC(=O)O.Cl. The van der Waals surface area contributed by atoms with Crippen LogP contribution < -0.4 is 10.6 Å². The van der Waals surface area contributed by atoms with Crippen LogP contribution in [0.1, 0.15) is 31.2 Å². The fourth-order valence-electron chi connectivity index (χ4n) is 3.92. The first-order chi connectivity index (χ1) is 17.8. The second-order valence-electron chi connectivity index (χ2n) is 9.75. The van der Waals surface area contributed by atoms with E-state index in [0.29, 0.717) is 12.4 Å². The summed E-state index contributed by atoms with van der Waals surface area (Å²) in [7, 11) is 0. The molecule has 0 spiro atoms. The van der Waals surface area contributed by atoms with Gasteiger partial charge in [-0.05, 0) is 35.2 Å². The lowest BCUT2D eigenvalue weighted by Gasteiger charge is -2.25. The monoisotopic (exact) mass is 546 g/mol. The van der Waals surface area contributed by atoms with Crippen molar-refractivity contribution in [2.75, 3.05) is 5.32 Å². The van der Waals surface area contributed by atoms with E-state index in [2.05, 4.69) is 61.8 Å². The van der Waals surface area contributed by atoms with E-state index in [1.165, 1.54) is 23.2 Å². The van der Waals surface area contributed by atoms with Crippen LogP contribution >= 0.6 is 23.7 Å². The van der Waals surface area contributed by atoms with Crippen molar-refractivity contribution < 1.29 is 9.90 Å². The Bertz CT molecular complexity index is 1650. The smallest absolute Gasteiger partial charge is 0.405 e. The third-order valence-electron chi connectivity index (χ3n) is 5.86. The number of carboxylic acid groups (broad SMARTS) is 1. The van der Waals surface area contributed by atoms with Gasteiger partial charge in [-0.25, -0.2) is 14.8 Å². The van der Waals surface area contributed by atoms with Crippen LogP contribution in [0.2, 0.25) is 0 Å². The zero-order valence-electron chi connectivity index (χ0n) is 21.1. The highest BCUT2D eigenvalue weighted by Crippen LogP contribution is 2.31. The highest BCUT2D eigenvalue weighted by molar-refractivity contribution is 7.20. The number of amides is 1. The molecule has 5 rings (SSSR count). The molecule has 0 saturated heterocycles. The Morgan fingerprint density at radius 2 is 1.92 bits per heavy atom. The minimum Gasteiger partial charge on any atom is -0.465 e. The summed E-state index contributed by atoms with van der Waals surface area (Å²) >= 11 is 1.47. The highest BCUT2D eigenvalue weighted by atomic mass is 35.5. The summed E-state index contributed by atoms with van der Waals surface area (Å²) in [5.41, 5.74) is 3.58. The number of fused-ring (bicyclic) bond motifs is 2. The Hall–Kier alpha value is -4.13. The largest absolute Gasteiger partial charge is 0.465 e. The summed E-state index contributed by atoms with van der Waals surface area (Å²) in [6.07, 6.45) is 2.30. The van der Waals surface area contributed by atoms with Crippen molar-refractivity contribution in [2.45, 2.75) is 33.4 Å². The Labute approximate surface area is 230 Å². The van der Waals surface area contributed by atoms with Crippen molar-refractivity contribution in [3.8, 4) is 11.8 Å². The zero-order valence-corrected chi connectivity index (χ0v) is 22.7. The van der Waals surface area contributed by atoms with Crippen LogP contribution in [0.3, 0.4) is 0 Å². The van der Waals surface area contributed by atoms with Gasteiger partial charge in [0.2, 0.25) is 0 Å². The number of halogens is 1. The van der Waals surface area contributed by atoms with Gasteiger partial charge < -0.3 is 15.7 Å². The van der Waals surface area contributed by atoms with E-state index < -0.39 is 12.1 Å². The molecule has 5 aromatic rings. The molecule has 0 aliphatic carbocycles. The van der Waals surface area contributed by atoms with Crippen LogP contribution in [0, 0.1) is 17.3 Å². The zero-order chi connectivity index (χ0) is 26.0. The van der Waals surface area contributed by atoms with Crippen LogP contribution in [0.25, 0.3) is 21.1 Å². The molecule has 1 atom stereocenters. The molecule has 0 fully saturated rings. The molecule has 194 valence electrons. The Kier molecular flexibility index (Phi) is 7.86. The lowest BCUT2D eigenvalue weighted by atomic mass is 9.87. The van der Waals surface area contributed by atoms with E-state index in [-0.39, 0.29) is 17.8 Å². The maximum Gasteiger partial charge on any atom is 0.405 e. The quantitative estimate of drug-likeness (QED) is 0.224. The standard InChI is InChI=1S/C28H26N6O2S.ClH/c1-28(2,3)24(33-27(35)36)12-10-21-14-22-25(37-21)26(30-17-29-22)32-20-9-11-23-19(13-20)15-31-34(23)16-18-7-5-4-6-8-18;/h4-9,11,13-15,17,24,33H,16H2,1-3H3,(H,35,36)(H,29,30,32);1H. The van der Waals surface area contributed by atoms with E-state index >= 15 is 0 Å². The molecule has 0 aliphatic heterocycles. The lowest BCUT2D eigenvalue weighted by Crippen LogP contribution is -2.42. The minimum atomic E-state index is -1.09. The Morgan fingerprint density at radius 1 is 1.13 bits per heavy atom. The number of nitrogens with zero attached hydrogens (tertiary/aromatic N) is 4. The number of benzene rings is 2. The second-order valence-corrected chi connectivity index (χ2v) is 10.8. The van der Waals surface area contributed by atoms with Gasteiger partial charge >= 0.3 is 6.09 Å². The van der Waals surface area contributed by atoms with Gasteiger partial charge in [-0.2, -0.15) is 5.10 Å². The average Bonchev–Trinajstić information content (AvgIpc) is 3.46. The number of anilines is 2. The maximum absolute atomic E-state index is 11.2. The molecular weight excluding hydrogens is 520 g/mol. The van der Waals surface area contributed by atoms with Gasteiger partial charge in [0, 0.05) is 11.1 Å². The van der Waals surface area contributed by atoms with Gasteiger partial charge in [-0.15, -0.1) is 23.7 Å². The van der Waals surface area contributed by atoms with Crippen molar-refractivity contribution in [3.63, 3.8) is 0 Å². The Morgan fingerprint density at radius 3 is 2.66 bits per heavy atom. The molecule has 38 heavy (non-hydrogen) atoms. The first-order valence-electron chi connectivity index (χ1n) is 11.8. The Balaban J connectivity index is 0.00000336. The van der Waals surface area contributed by atoms with E-state index in [9.17, 15) is 4.79 Å². The van der Waals surface area contributed by atoms with Gasteiger partial charge in [-0.3, -0.25) is 4.68 Å². The van der Waals surface area contributed by atoms with Crippen molar-refractivity contribution in [1.82, 2.24) is 25.1 Å². The number of aromatic nitrogens is 4. The summed E-state index contributed by atoms with van der Waals surface area (Å²) in [4.78, 5) is 20.8. The molecule has 0 bridgehead atoms. The number of carbonyl (C=O) groups is 1. The second kappa shape index (κ2) is 11.1. The molecule has 0 aliphatic rings. The summed E-state index contributed by atoms with van der Waals surface area (Å²) in [5, 5.41) is 20.7. The number of thiophene rings is 1. The van der Waals surface area contributed by atoms with Crippen molar-refractivity contribution >= 4 is 62.5 Å². The first kappa shape index (κ1) is 26.9. The van der Waals surface area contributed by atoms with Gasteiger partial charge in [-0.1, -0.05) is 62.9 Å². The molecule has 3 heterocycles. The topological polar surface area (TPSA) is 105 Å². The predicted octanol–water partition coefficient (Wildman–Crippen LogP) is 6.29. The summed E-state index contributed by atoms with van der Waals surface area (Å²) in [6, 6.07) is 17.8. The van der Waals surface area contributed by atoms with Gasteiger partial charge in [0.25, 0.3) is 0 Å². The molecule has 3 N–H and O–H groups in total. The van der Waals surface area contributed by atoms with E-state index in [1.807, 2.05) is 62.0 Å². The lowest BCUT2D eigenvalue weighted by molar-refractivity contribution is 0.183. The summed E-state index contributed by atoms with van der Waals surface area (Å²) < 4.78 is 2.87. The molecule has 1 unspecified atom stereocenters. The third kappa shape index (κ3) is 6.05. The van der Waals surface area contributed by atoms with Crippen LogP contribution in [-0.2, 0) is 6.54 Å². The average molecular weight is 547 g/mol. The minimum absolute atomic E-state index is 0. The first-order valence-corrected chi connectivity index (χ1v) is 12.6. The van der Waals surface area contributed by atoms with Crippen molar-refractivity contribution in [1.29, 1.82) is 0 Å². The molecule has 3 aromatic heterocycles. The number of rotatable bonds is 5.